The Morgan fingerprint density at radius 2 is 2.55 bits per heavy atom. The van der Waals surface area contributed by atoms with Gasteiger partial charge >= 0.3 is 0 Å². The van der Waals surface area contributed by atoms with Gasteiger partial charge in [-0.3, -0.25) is 7.91 Å². The van der Waals surface area contributed by atoms with Crippen molar-refractivity contribution in [1.29, 1.82) is 0 Å². The first-order valence-electron chi connectivity index (χ1n) is 3.88. The Hall–Kier alpha value is 0.160. The number of carbonyl (C=O) groups excluding carboxylic acids is 1. The van der Waals surface area contributed by atoms with E-state index in [1.165, 1.54) is 0 Å². The molecule has 0 radical (unpaired) electrons. The van der Waals surface area contributed by atoms with E-state index >= 15 is 0 Å². The average Bonchev–Trinajstić information content (AvgIpc) is 2.75. The molecule has 2 aliphatic rings. The van der Waals surface area contributed by atoms with Crippen molar-refractivity contribution in [3.05, 3.63) is 0 Å². The predicted octanol–water partition coefficient (Wildman–Crippen LogP) is 1.32. The molecular formula is C7H10INO2. The number of ether oxygens (including phenoxy) is 1. The quantitative estimate of drug-likeness (QED) is 0.408. The van der Waals surface area contributed by atoms with Gasteiger partial charge in [0, 0.05) is 5.92 Å². The van der Waals surface area contributed by atoms with E-state index in [1.807, 2.05) is 22.9 Å². The van der Waals surface area contributed by atoms with E-state index in [-0.39, 0.29) is 18.1 Å². The number of nitrogens with zero attached hydrogens (tertiary/aromatic N) is 1. The van der Waals surface area contributed by atoms with Crippen LogP contribution < -0.4 is 0 Å². The van der Waals surface area contributed by atoms with Crippen LogP contribution in [0.3, 0.4) is 0 Å². The molecule has 2 rings (SSSR count). The zero-order valence-electron chi connectivity index (χ0n) is 6.29. The molecule has 0 aromatic rings. The zero-order valence-corrected chi connectivity index (χ0v) is 8.45. The van der Waals surface area contributed by atoms with Gasteiger partial charge in [0.2, 0.25) is 5.91 Å². The van der Waals surface area contributed by atoms with Gasteiger partial charge in [-0.05, 0) is 12.8 Å². The molecule has 3 atom stereocenters. The van der Waals surface area contributed by atoms with Crippen LogP contribution in [-0.4, -0.2) is 21.4 Å². The van der Waals surface area contributed by atoms with Gasteiger partial charge in [-0.25, -0.2) is 0 Å². The lowest BCUT2D eigenvalue weighted by Crippen LogP contribution is -2.36. The predicted molar refractivity (Wildman–Crippen MR) is 47.9 cm³/mol. The van der Waals surface area contributed by atoms with E-state index < -0.39 is 0 Å². The summed E-state index contributed by atoms with van der Waals surface area (Å²) in [5.41, 5.74) is 0. The minimum atomic E-state index is 0.103. The van der Waals surface area contributed by atoms with Crippen molar-refractivity contribution in [1.82, 2.24) is 3.11 Å². The van der Waals surface area contributed by atoms with Gasteiger partial charge < -0.3 is 4.74 Å². The summed E-state index contributed by atoms with van der Waals surface area (Å²) in [6, 6.07) is 0. The molecule has 2 aliphatic heterocycles. The number of hydrogen-bond acceptors (Lipinski definition) is 2. The second kappa shape index (κ2) is 2.58. The molecule has 0 spiro atoms. The van der Waals surface area contributed by atoms with E-state index in [1.54, 1.807) is 3.11 Å². The van der Waals surface area contributed by atoms with Crippen LogP contribution in [0.15, 0.2) is 0 Å². The molecule has 2 saturated heterocycles. The highest BCUT2D eigenvalue weighted by atomic mass is 127. The Labute approximate surface area is 79.6 Å². The van der Waals surface area contributed by atoms with Gasteiger partial charge in [0.05, 0.1) is 22.9 Å². The molecule has 2 heterocycles. The largest absolute Gasteiger partial charge is 0.347 e. The third-order valence-electron chi connectivity index (χ3n) is 2.35. The van der Waals surface area contributed by atoms with Crippen molar-refractivity contribution in [3.63, 3.8) is 0 Å². The Kier molecular flexibility index (Phi) is 1.83. The van der Waals surface area contributed by atoms with Crippen molar-refractivity contribution in [3.8, 4) is 0 Å². The van der Waals surface area contributed by atoms with Gasteiger partial charge in [0.1, 0.15) is 6.10 Å². The minimum absolute atomic E-state index is 0.103. The first-order chi connectivity index (χ1) is 5.24. The molecule has 0 aromatic carbocycles. The summed E-state index contributed by atoms with van der Waals surface area (Å²) >= 11 is 2.05. The molecule has 2 fully saturated rings. The maximum absolute atomic E-state index is 11.4. The number of rotatable bonds is 1. The van der Waals surface area contributed by atoms with Crippen LogP contribution in [-0.2, 0) is 9.53 Å². The van der Waals surface area contributed by atoms with Crippen molar-refractivity contribution >= 4 is 28.8 Å². The molecule has 11 heavy (non-hydrogen) atoms. The monoisotopic (exact) mass is 267 g/mol. The SMILES string of the molecule is CCC1CC2OC2N(I)C1=O. The van der Waals surface area contributed by atoms with Crippen LogP contribution in [0.5, 0.6) is 0 Å². The van der Waals surface area contributed by atoms with Crippen LogP contribution >= 0.6 is 22.9 Å². The van der Waals surface area contributed by atoms with Crippen molar-refractivity contribution in [2.45, 2.75) is 32.1 Å². The summed E-state index contributed by atoms with van der Waals surface area (Å²) in [7, 11) is 0. The van der Waals surface area contributed by atoms with Crippen LogP contribution in [0, 0.1) is 5.92 Å². The molecule has 3 nitrogen and oxygen atoms in total. The summed E-state index contributed by atoms with van der Waals surface area (Å²) in [6.45, 7) is 2.05. The molecule has 0 aromatic heterocycles. The van der Waals surface area contributed by atoms with E-state index in [0.29, 0.717) is 6.10 Å². The van der Waals surface area contributed by atoms with Gasteiger partial charge in [0.15, 0.2) is 6.23 Å². The molecular weight excluding hydrogens is 257 g/mol. The first-order valence-corrected chi connectivity index (χ1v) is 4.85. The lowest BCUT2D eigenvalue weighted by molar-refractivity contribution is -0.131. The number of halogens is 1. The summed E-state index contributed by atoms with van der Waals surface area (Å²) in [6.07, 6.45) is 2.31. The molecule has 1 amide bonds. The van der Waals surface area contributed by atoms with Gasteiger partial charge in [0.25, 0.3) is 0 Å². The molecule has 3 unspecified atom stereocenters. The lowest BCUT2D eigenvalue weighted by Gasteiger charge is -2.22. The Morgan fingerprint density at radius 1 is 1.82 bits per heavy atom. The molecule has 0 aliphatic carbocycles. The number of amides is 1. The van der Waals surface area contributed by atoms with E-state index in [9.17, 15) is 4.79 Å². The van der Waals surface area contributed by atoms with Gasteiger partial charge in [-0.1, -0.05) is 6.92 Å². The number of epoxide rings is 1. The topological polar surface area (TPSA) is 32.8 Å². The second-order valence-corrected chi connectivity index (χ2v) is 4.09. The van der Waals surface area contributed by atoms with Gasteiger partial charge in [-0.15, -0.1) is 0 Å². The number of fused-ring (bicyclic) bond motifs is 1. The fourth-order valence-electron chi connectivity index (χ4n) is 1.53. The zero-order chi connectivity index (χ0) is 8.01. The minimum Gasteiger partial charge on any atom is -0.347 e. The van der Waals surface area contributed by atoms with E-state index in [4.69, 9.17) is 4.74 Å². The normalized spacial score (nSPS) is 42.2. The van der Waals surface area contributed by atoms with Crippen LogP contribution in [0.2, 0.25) is 0 Å². The summed E-state index contributed by atoms with van der Waals surface area (Å²) < 4.78 is 7.00. The third kappa shape index (κ3) is 1.16. The van der Waals surface area contributed by atoms with Crippen LogP contribution in [0.4, 0.5) is 0 Å². The Bertz CT molecular complexity index is 197. The van der Waals surface area contributed by atoms with Gasteiger partial charge in [-0.2, -0.15) is 0 Å². The fraction of sp³-hybridized carbons (Fsp3) is 0.857. The summed E-state index contributed by atoms with van der Waals surface area (Å²) in [5, 5.41) is 0. The molecule has 0 bridgehead atoms. The second-order valence-electron chi connectivity index (χ2n) is 3.06. The number of hydrogen-bond donors (Lipinski definition) is 0. The van der Waals surface area contributed by atoms with E-state index in [2.05, 4.69) is 6.92 Å². The fourth-order valence-corrected chi connectivity index (χ4v) is 2.41. The highest BCUT2D eigenvalue weighted by molar-refractivity contribution is 14.1. The highest BCUT2D eigenvalue weighted by Gasteiger charge is 2.52. The number of piperidine rings is 1. The highest BCUT2D eigenvalue weighted by Crippen LogP contribution is 2.40. The standard InChI is InChI=1S/C7H10INO2/c1-2-4-3-5-7(11-5)9(8)6(4)10/h4-5,7H,2-3H2,1H3. The van der Waals surface area contributed by atoms with E-state index in [0.717, 1.165) is 12.8 Å². The molecule has 0 saturated carbocycles. The van der Waals surface area contributed by atoms with Crippen LogP contribution in [0.25, 0.3) is 0 Å². The maximum atomic E-state index is 11.4. The van der Waals surface area contributed by atoms with Crippen molar-refractivity contribution in [2.24, 2.45) is 5.92 Å². The number of carbonyl (C=O) groups is 1. The Morgan fingerprint density at radius 3 is 3.18 bits per heavy atom. The maximum Gasteiger partial charge on any atom is 0.236 e. The van der Waals surface area contributed by atoms with Crippen molar-refractivity contribution in [2.75, 3.05) is 0 Å². The average molecular weight is 267 g/mol. The summed E-state index contributed by atoms with van der Waals surface area (Å²) in [5.74, 6) is 0.447. The Balaban J connectivity index is 2.09. The molecule has 4 heteroatoms. The lowest BCUT2D eigenvalue weighted by atomic mass is 9.96. The third-order valence-corrected chi connectivity index (χ3v) is 3.37. The summed E-state index contributed by atoms with van der Waals surface area (Å²) in [4.78, 5) is 11.4. The molecule has 0 N–H and O–H groups in total. The molecule has 62 valence electrons. The van der Waals surface area contributed by atoms with Crippen molar-refractivity contribution < 1.29 is 9.53 Å². The van der Waals surface area contributed by atoms with Crippen LogP contribution in [0.1, 0.15) is 19.8 Å². The smallest absolute Gasteiger partial charge is 0.236 e. The first kappa shape index (κ1) is 7.79.